The van der Waals surface area contributed by atoms with Gasteiger partial charge in [0.2, 0.25) is 0 Å². The lowest BCUT2D eigenvalue weighted by Crippen LogP contribution is -2.33. The molecule has 0 aliphatic rings. The van der Waals surface area contributed by atoms with Crippen LogP contribution in [0.15, 0.2) is 12.4 Å². The number of fused-ring (bicyclic) bond motifs is 1. The minimum atomic E-state index is 0.0224. The first-order valence-corrected chi connectivity index (χ1v) is 5.14. The van der Waals surface area contributed by atoms with E-state index >= 15 is 0 Å². The predicted octanol–water partition coefficient (Wildman–Crippen LogP) is 0.250. The fourth-order valence-corrected chi connectivity index (χ4v) is 1.51. The second kappa shape index (κ2) is 4.05. The summed E-state index contributed by atoms with van der Waals surface area (Å²) in [5, 5.41) is 13.3. The average Bonchev–Trinajstić information content (AvgIpc) is 2.73. The summed E-state index contributed by atoms with van der Waals surface area (Å²) in [4.78, 5) is 10.3. The normalized spacial score (nSPS) is 13.0. The zero-order valence-electron chi connectivity index (χ0n) is 9.62. The highest BCUT2D eigenvalue weighted by molar-refractivity contribution is 5.47. The largest absolute Gasteiger partial charge is 0.394 e. The van der Waals surface area contributed by atoms with Crippen molar-refractivity contribution >= 4 is 11.6 Å². The van der Waals surface area contributed by atoms with Crippen molar-refractivity contribution in [2.24, 2.45) is 0 Å². The van der Waals surface area contributed by atoms with Gasteiger partial charge >= 0.3 is 0 Å². The summed E-state index contributed by atoms with van der Waals surface area (Å²) in [6.07, 6.45) is 1.47. The van der Waals surface area contributed by atoms with Crippen molar-refractivity contribution in [3.8, 4) is 0 Å². The van der Waals surface area contributed by atoms with Gasteiger partial charge in [0.1, 0.15) is 12.1 Å². The molecule has 1 N–H and O–H groups in total. The van der Waals surface area contributed by atoms with Gasteiger partial charge in [-0.2, -0.15) is 14.6 Å². The Balaban J connectivity index is 2.53. The van der Waals surface area contributed by atoms with Gasteiger partial charge in [0, 0.05) is 18.8 Å². The molecule has 0 aromatic carbocycles. The number of hydrogen-bond acceptors (Lipinski definition) is 5. The highest BCUT2D eigenvalue weighted by Crippen LogP contribution is 2.16. The van der Waals surface area contributed by atoms with Crippen molar-refractivity contribution in [3.63, 3.8) is 0 Å². The monoisotopic (exact) mass is 221 g/mol. The molecule has 2 aromatic heterocycles. The Hall–Kier alpha value is -1.69. The minimum absolute atomic E-state index is 0.0224. The van der Waals surface area contributed by atoms with Gasteiger partial charge in [-0.3, -0.25) is 0 Å². The number of aliphatic hydroxyl groups is 1. The van der Waals surface area contributed by atoms with Crippen molar-refractivity contribution in [2.45, 2.75) is 19.9 Å². The van der Waals surface area contributed by atoms with Gasteiger partial charge in [-0.1, -0.05) is 0 Å². The van der Waals surface area contributed by atoms with Crippen LogP contribution >= 0.6 is 0 Å². The zero-order valence-corrected chi connectivity index (χ0v) is 9.62. The molecule has 6 nitrogen and oxygen atoms in total. The molecule has 2 heterocycles. The number of aryl methyl sites for hydroxylation is 1. The highest BCUT2D eigenvalue weighted by Gasteiger charge is 2.14. The third kappa shape index (κ3) is 1.71. The van der Waals surface area contributed by atoms with Crippen LogP contribution in [0.5, 0.6) is 0 Å². The van der Waals surface area contributed by atoms with Gasteiger partial charge < -0.3 is 10.0 Å². The van der Waals surface area contributed by atoms with Crippen molar-refractivity contribution in [1.82, 2.24) is 19.6 Å². The number of likely N-dealkylation sites (N-methyl/N-ethyl adjacent to an activating group) is 1. The highest BCUT2D eigenvalue weighted by atomic mass is 16.3. The zero-order chi connectivity index (χ0) is 11.7. The fourth-order valence-electron chi connectivity index (χ4n) is 1.51. The number of rotatable bonds is 3. The molecule has 0 aliphatic carbocycles. The Morgan fingerprint density at radius 1 is 1.56 bits per heavy atom. The molecule has 0 saturated heterocycles. The number of nitrogens with zero attached hydrogens (tertiary/aromatic N) is 5. The molecule has 0 fully saturated rings. The molecule has 0 saturated carbocycles. The topological polar surface area (TPSA) is 66.5 Å². The fraction of sp³-hybridized carbons (Fsp3) is 0.500. The van der Waals surface area contributed by atoms with Crippen LogP contribution in [0, 0.1) is 6.92 Å². The van der Waals surface area contributed by atoms with E-state index in [4.69, 9.17) is 5.11 Å². The van der Waals surface area contributed by atoms with Gasteiger partial charge in [0.15, 0.2) is 0 Å². The van der Waals surface area contributed by atoms with E-state index in [1.807, 2.05) is 31.9 Å². The molecule has 2 rings (SSSR count). The maximum Gasteiger partial charge on any atom is 0.254 e. The van der Waals surface area contributed by atoms with E-state index in [0.717, 1.165) is 11.5 Å². The molecular formula is C10H15N5O. The van der Waals surface area contributed by atoms with Crippen LogP contribution in [-0.2, 0) is 0 Å². The molecule has 6 heteroatoms. The van der Waals surface area contributed by atoms with Crippen molar-refractivity contribution in [3.05, 3.63) is 18.1 Å². The van der Waals surface area contributed by atoms with Crippen LogP contribution in [0.1, 0.15) is 12.6 Å². The molecule has 1 atom stereocenters. The van der Waals surface area contributed by atoms with Gasteiger partial charge in [0.25, 0.3) is 5.78 Å². The van der Waals surface area contributed by atoms with Crippen molar-refractivity contribution in [1.29, 1.82) is 0 Å². The smallest absolute Gasteiger partial charge is 0.254 e. The lowest BCUT2D eigenvalue weighted by molar-refractivity contribution is 0.269. The van der Waals surface area contributed by atoms with E-state index < -0.39 is 0 Å². The van der Waals surface area contributed by atoms with Crippen LogP contribution in [0.2, 0.25) is 0 Å². The van der Waals surface area contributed by atoms with E-state index in [2.05, 4.69) is 15.1 Å². The Kier molecular flexibility index (Phi) is 2.74. The summed E-state index contributed by atoms with van der Waals surface area (Å²) >= 11 is 0. The number of hydrogen-bond donors (Lipinski definition) is 1. The van der Waals surface area contributed by atoms with Gasteiger partial charge in [-0.05, 0) is 13.8 Å². The van der Waals surface area contributed by atoms with Gasteiger partial charge in [-0.25, -0.2) is 4.98 Å². The first-order valence-electron chi connectivity index (χ1n) is 5.14. The number of anilines is 1. The van der Waals surface area contributed by atoms with E-state index in [-0.39, 0.29) is 12.6 Å². The summed E-state index contributed by atoms with van der Waals surface area (Å²) in [6.45, 7) is 3.95. The summed E-state index contributed by atoms with van der Waals surface area (Å²) in [6, 6.07) is 1.95. The summed E-state index contributed by atoms with van der Waals surface area (Å²) < 4.78 is 1.67. The third-order valence-electron chi connectivity index (χ3n) is 2.65. The minimum Gasteiger partial charge on any atom is -0.394 e. The van der Waals surface area contributed by atoms with E-state index in [0.29, 0.717) is 5.78 Å². The molecule has 16 heavy (non-hydrogen) atoms. The molecule has 2 aromatic rings. The summed E-state index contributed by atoms with van der Waals surface area (Å²) in [5.41, 5.74) is 0.882. The first-order chi connectivity index (χ1) is 7.63. The second-order valence-electron chi connectivity index (χ2n) is 3.87. The molecule has 0 spiro atoms. The number of aliphatic hydroxyl groups excluding tert-OH is 1. The first kappa shape index (κ1) is 10.8. The molecule has 0 bridgehead atoms. The summed E-state index contributed by atoms with van der Waals surface area (Å²) in [7, 11) is 1.91. The predicted molar refractivity (Wildman–Crippen MR) is 60.5 cm³/mol. The molecule has 0 radical (unpaired) electrons. The van der Waals surface area contributed by atoms with E-state index in [1.165, 1.54) is 6.33 Å². The Morgan fingerprint density at radius 2 is 2.31 bits per heavy atom. The van der Waals surface area contributed by atoms with Crippen molar-refractivity contribution in [2.75, 3.05) is 18.6 Å². The van der Waals surface area contributed by atoms with Gasteiger partial charge in [-0.15, -0.1) is 0 Å². The maximum atomic E-state index is 9.16. The van der Waals surface area contributed by atoms with Crippen LogP contribution in [0.25, 0.3) is 5.78 Å². The molecule has 86 valence electrons. The lowest BCUT2D eigenvalue weighted by Gasteiger charge is -2.25. The van der Waals surface area contributed by atoms with Crippen LogP contribution in [0.3, 0.4) is 0 Å². The van der Waals surface area contributed by atoms with E-state index in [1.54, 1.807) is 4.52 Å². The maximum absolute atomic E-state index is 9.16. The lowest BCUT2D eigenvalue weighted by atomic mass is 10.3. The Labute approximate surface area is 93.6 Å². The second-order valence-corrected chi connectivity index (χ2v) is 3.87. The summed E-state index contributed by atoms with van der Waals surface area (Å²) in [5.74, 6) is 1.45. The molecular weight excluding hydrogens is 206 g/mol. The third-order valence-corrected chi connectivity index (χ3v) is 2.65. The SMILES string of the molecule is Cc1cc(N(C)C(C)CO)n2ncnc2n1. The van der Waals surface area contributed by atoms with Crippen LogP contribution in [-0.4, -0.2) is 44.4 Å². The van der Waals surface area contributed by atoms with Gasteiger partial charge in [0.05, 0.1) is 12.6 Å². The Morgan fingerprint density at radius 3 is 3.00 bits per heavy atom. The standard InChI is InChI=1S/C10H15N5O/c1-7-4-9(14(3)8(2)5-16)15-10(13-7)11-6-12-15/h4,6,8,16H,5H2,1-3H3. The quantitative estimate of drug-likeness (QED) is 0.804. The molecule has 0 aliphatic heterocycles. The molecule has 1 unspecified atom stereocenters. The van der Waals surface area contributed by atoms with Crippen molar-refractivity contribution < 1.29 is 5.11 Å². The number of aromatic nitrogens is 4. The molecule has 0 amide bonds. The van der Waals surface area contributed by atoms with Crippen LogP contribution in [0.4, 0.5) is 5.82 Å². The van der Waals surface area contributed by atoms with Crippen LogP contribution < -0.4 is 4.90 Å². The Bertz CT molecular complexity index is 495. The van der Waals surface area contributed by atoms with E-state index in [9.17, 15) is 0 Å². The average molecular weight is 221 g/mol.